The standard InChI is InChI=1S/C11H16N2/c1-7(2)11-12-9-5-4-8(3)6-10(9)13-11/h4,6-7,9H,5H2,1-3H3,(H,12,13). The van der Waals surface area contributed by atoms with E-state index in [0.717, 1.165) is 12.3 Å². The minimum Gasteiger partial charge on any atom is -0.365 e. The summed E-state index contributed by atoms with van der Waals surface area (Å²) >= 11 is 0. The summed E-state index contributed by atoms with van der Waals surface area (Å²) in [5.74, 6) is 1.64. The van der Waals surface area contributed by atoms with Gasteiger partial charge in [-0.25, -0.2) is 4.99 Å². The van der Waals surface area contributed by atoms with Crippen molar-refractivity contribution in [2.75, 3.05) is 0 Å². The van der Waals surface area contributed by atoms with Crippen molar-refractivity contribution in [1.82, 2.24) is 5.32 Å². The van der Waals surface area contributed by atoms with Crippen molar-refractivity contribution in [3.05, 3.63) is 23.4 Å². The maximum atomic E-state index is 4.59. The molecule has 0 aromatic heterocycles. The lowest BCUT2D eigenvalue weighted by molar-refractivity contribution is 0.697. The fourth-order valence-corrected chi connectivity index (χ4v) is 1.71. The summed E-state index contributed by atoms with van der Waals surface area (Å²) in [6.07, 6.45) is 5.52. The van der Waals surface area contributed by atoms with Crippen LogP contribution in [0.5, 0.6) is 0 Å². The first-order valence-corrected chi connectivity index (χ1v) is 4.90. The van der Waals surface area contributed by atoms with Crippen molar-refractivity contribution in [1.29, 1.82) is 0 Å². The van der Waals surface area contributed by atoms with Gasteiger partial charge < -0.3 is 5.32 Å². The molecular formula is C11H16N2. The van der Waals surface area contributed by atoms with E-state index in [-0.39, 0.29) is 0 Å². The molecule has 0 spiro atoms. The zero-order valence-electron chi connectivity index (χ0n) is 8.46. The van der Waals surface area contributed by atoms with Gasteiger partial charge in [-0.1, -0.05) is 25.5 Å². The second-order valence-corrected chi connectivity index (χ2v) is 4.10. The highest BCUT2D eigenvalue weighted by Gasteiger charge is 2.25. The zero-order valence-corrected chi connectivity index (χ0v) is 8.46. The van der Waals surface area contributed by atoms with E-state index in [1.807, 2.05) is 0 Å². The van der Waals surface area contributed by atoms with E-state index in [1.165, 1.54) is 11.3 Å². The third-order valence-corrected chi connectivity index (χ3v) is 2.53. The van der Waals surface area contributed by atoms with Crippen LogP contribution >= 0.6 is 0 Å². The van der Waals surface area contributed by atoms with Crippen molar-refractivity contribution in [2.24, 2.45) is 10.9 Å². The number of amidine groups is 1. The molecule has 2 aliphatic rings. The van der Waals surface area contributed by atoms with Gasteiger partial charge in [0.05, 0.1) is 11.7 Å². The second-order valence-electron chi connectivity index (χ2n) is 4.10. The number of nitrogens with one attached hydrogen (secondary N) is 1. The van der Waals surface area contributed by atoms with Gasteiger partial charge in [-0.15, -0.1) is 0 Å². The van der Waals surface area contributed by atoms with Crippen molar-refractivity contribution in [2.45, 2.75) is 33.2 Å². The molecule has 0 aromatic rings. The Labute approximate surface area is 79.4 Å². The average molecular weight is 176 g/mol. The first kappa shape index (κ1) is 8.54. The summed E-state index contributed by atoms with van der Waals surface area (Å²) in [6, 6.07) is 0.445. The SMILES string of the molecule is CC1=CCC2NC(C(C)C)=NC2=C1. The highest BCUT2D eigenvalue weighted by Crippen LogP contribution is 2.24. The summed E-state index contributed by atoms with van der Waals surface area (Å²) in [5, 5.41) is 3.45. The van der Waals surface area contributed by atoms with E-state index >= 15 is 0 Å². The predicted octanol–water partition coefficient (Wildman–Crippen LogP) is 2.25. The van der Waals surface area contributed by atoms with Gasteiger partial charge in [-0.05, 0) is 19.4 Å². The molecule has 2 nitrogen and oxygen atoms in total. The molecule has 1 aliphatic carbocycles. The summed E-state index contributed by atoms with van der Waals surface area (Å²) in [7, 11) is 0. The predicted molar refractivity (Wildman–Crippen MR) is 55.7 cm³/mol. The van der Waals surface area contributed by atoms with Gasteiger partial charge in [0.1, 0.15) is 5.84 Å². The van der Waals surface area contributed by atoms with Crippen LogP contribution in [0.1, 0.15) is 27.2 Å². The largest absolute Gasteiger partial charge is 0.365 e. The molecule has 0 fully saturated rings. The van der Waals surface area contributed by atoms with Crippen LogP contribution in [-0.4, -0.2) is 11.9 Å². The normalized spacial score (nSPS) is 26.2. The molecule has 1 heterocycles. The molecule has 70 valence electrons. The molecule has 2 heteroatoms. The number of fused-ring (bicyclic) bond motifs is 1. The van der Waals surface area contributed by atoms with Crippen LogP contribution in [0.3, 0.4) is 0 Å². The molecule has 1 atom stereocenters. The van der Waals surface area contributed by atoms with Crippen LogP contribution in [-0.2, 0) is 0 Å². The number of aliphatic imine (C=N–C) groups is 1. The molecule has 1 unspecified atom stereocenters. The van der Waals surface area contributed by atoms with Gasteiger partial charge in [0.15, 0.2) is 0 Å². The minimum atomic E-state index is 0.445. The van der Waals surface area contributed by atoms with Gasteiger partial charge in [0.25, 0.3) is 0 Å². The molecule has 1 N–H and O–H groups in total. The van der Waals surface area contributed by atoms with Gasteiger partial charge in [-0.3, -0.25) is 0 Å². The maximum absolute atomic E-state index is 4.59. The van der Waals surface area contributed by atoms with Gasteiger partial charge in [0.2, 0.25) is 0 Å². The maximum Gasteiger partial charge on any atom is 0.105 e. The fraction of sp³-hybridized carbons (Fsp3) is 0.545. The number of nitrogens with zero attached hydrogens (tertiary/aromatic N) is 1. The number of allylic oxidation sites excluding steroid dienone is 2. The Morgan fingerprint density at radius 2 is 2.31 bits per heavy atom. The third kappa shape index (κ3) is 1.53. The van der Waals surface area contributed by atoms with Crippen LogP contribution < -0.4 is 5.32 Å². The van der Waals surface area contributed by atoms with Gasteiger partial charge in [0, 0.05) is 5.92 Å². The lowest BCUT2D eigenvalue weighted by Crippen LogP contribution is -2.32. The quantitative estimate of drug-likeness (QED) is 0.651. The Bertz CT molecular complexity index is 308. The van der Waals surface area contributed by atoms with E-state index in [0.29, 0.717) is 12.0 Å². The fourth-order valence-electron chi connectivity index (χ4n) is 1.71. The number of rotatable bonds is 1. The molecule has 13 heavy (non-hydrogen) atoms. The summed E-state index contributed by atoms with van der Waals surface area (Å²) in [4.78, 5) is 4.59. The zero-order chi connectivity index (χ0) is 9.42. The Hall–Kier alpha value is -1.05. The molecule has 0 aromatic carbocycles. The van der Waals surface area contributed by atoms with Crippen molar-refractivity contribution >= 4 is 5.84 Å². The Morgan fingerprint density at radius 3 is 3.00 bits per heavy atom. The highest BCUT2D eigenvalue weighted by molar-refractivity contribution is 5.88. The van der Waals surface area contributed by atoms with Crippen LogP contribution in [0.4, 0.5) is 0 Å². The lowest BCUT2D eigenvalue weighted by Gasteiger charge is -2.15. The van der Waals surface area contributed by atoms with E-state index in [2.05, 4.69) is 43.2 Å². The molecule has 0 bridgehead atoms. The Kier molecular flexibility index (Phi) is 1.98. The Balaban J connectivity index is 2.23. The smallest absolute Gasteiger partial charge is 0.105 e. The second kappa shape index (κ2) is 3.02. The Morgan fingerprint density at radius 1 is 1.54 bits per heavy atom. The minimum absolute atomic E-state index is 0.445. The molecule has 0 saturated heterocycles. The molecule has 1 aliphatic heterocycles. The average Bonchev–Trinajstić information content (AvgIpc) is 2.46. The number of hydrogen-bond donors (Lipinski definition) is 1. The van der Waals surface area contributed by atoms with Crippen LogP contribution in [0.15, 0.2) is 28.4 Å². The van der Waals surface area contributed by atoms with Crippen molar-refractivity contribution in [3.8, 4) is 0 Å². The first-order valence-electron chi connectivity index (χ1n) is 4.90. The van der Waals surface area contributed by atoms with E-state index in [4.69, 9.17) is 0 Å². The van der Waals surface area contributed by atoms with Crippen LogP contribution in [0.25, 0.3) is 0 Å². The van der Waals surface area contributed by atoms with Crippen molar-refractivity contribution in [3.63, 3.8) is 0 Å². The van der Waals surface area contributed by atoms with E-state index < -0.39 is 0 Å². The van der Waals surface area contributed by atoms with Crippen LogP contribution in [0, 0.1) is 5.92 Å². The van der Waals surface area contributed by atoms with Crippen LogP contribution in [0.2, 0.25) is 0 Å². The van der Waals surface area contributed by atoms with Gasteiger partial charge in [-0.2, -0.15) is 0 Å². The van der Waals surface area contributed by atoms with E-state index in [9.17, 15) is 0 Å². The summed E-state index contributed by atoms with van der Waals surface area (Å²) in [6.45, 7) is 6.47. The molecule has 0 amide bonds. The third-order valence-electron chi connectivity index (χ3n) is 2.53. The lowest BCUT2D eigenvalue weighted by atomic mass is 10.0. The summed E-state index contributed by atoms with van der Waals surface area (Å²) in [5.41, 5.74) is 2.55. The van der Waals surface area contributed by atoms with E-state index in [1.54, 1.807) is 0 Å². The van der Waals surface area contributed by atoms with Gasteiger partial charge >= 0.3 is 0 Å². The molecule has 2 rings (SSSR count). The first-order chi connectivity index (χ1) is 6.16. The summed E-state index contributed by atoms with van der Waals surface area (Å²) < 4.78 is 0. The number of hydrogen-bond acceptors (Lipinski definition) is 2. The molecule has 0 radical (unpaired) electrons. The highest BCUT2D eigenvalue weighted by atomic mass is 15.1. The topological polar surface area (TPSA) is 24.4 Å². The molecule has 0 saturated carbocycles. The monoisotopic (exact) mass is 176 g/mol. The van der Waals surface area contributed by atoms with Crippen molar-refractivity contribution < 1.29 is 0 Å². The molecular weight excluding hydrogens is 160 g/mol.